The van der Waals surface area contributed by atoms with Crippen molar-refractivity contribution in [2.24, 2.45) is 0 Å². The Balaban J connectivity index is 0.00000108. The Labute approximate surface area is 213 Å². The second-order valence-corrected chi connectivity index (χ2v) is 9.72. The van der Waals surface area contributed by atoms with Crippen LogP contribution in [0.15, 0.2) is 54.6 Å². The number of hydrogen-bond donors (Lipinski definition) is 3. The van der Waals surface area contributed by atoms with Gasteiger partial charge in [0.15, 0.2) is 0 Å². The number of hydrogen-bond acceptors (Lipinski definition) is 5. The van der Waals surface area contributed by atoms with Crippen molar-refractivity contribution in [1.82, 2.24) is 0 Å². The Bertz CT molecular complexity index is 1240. The van der Waals surface area contributed by atoms with Gasteiger partial charge >= 0.3 is 0 Å². The molecule has 186 valence electrons. The molecule has 0 amide bonds. The number of allylic oxidation sites excluding steroid dienone is 1. The first-order valence-electron chi connectivity index (χ1n) is 11.6. The summed E-state index contributed by atoms with van der Waals surface area (Å²) >= 11 is 3.79. The molecule has 1 heterocycles. The zero-order valence-electron chi connectivity index (χ0n) is 21.2. The Morgan fingerprint density at radius 3 is 2.37 bits per heavy atom. The van der Waals surface area contributed by atoms with Crippen LogP contribution in [-0.2, 0) is 6.61 Å². The normalized spacial score (nSPS) is 13.5. The molecular formula is C29H34FNO3S. The molecule has 0 unspecified atom stereocenters. The van der Waals surface area contributed by atoms with Gasteiger partial charge in [0.1, 0.15) is 29.7 Å². The molecule has 1 aliphatic heterocycles. The van der Waals surface area contributed by atoms with Crippen LogP contribution in [0, 0.1) is 12.7 Å². The number of methoxy groups -OCH3 is 1. The lowest BCUT2D eigenvalue weighted by Crippen LogP contribution is -2.32. The molecule has 0 saturated heterocycles. The molecular weight excluding hydrogens is 461 g/mol. The molecule has 4 rings (SSSR count). The predicted molar refractivity (Wildman–Crippen MR) is 146 cm³/mol. The highest BCUT2D eigenvalue weighted by Crippen LogP contribution is 2.43. The Kier molecular flexibility index (Phi) is 8.39. The fourth-order valence-corrected chi connectivity index (χ4v) is 4.38. The van der Waals surface area contributed by atoms with Crippen molar-refractivity contribution in [2.75, 3.05) is 18.2 Å². The first-order chi connectivity index (χ1) is 16.6. The number of aromatic hydroxyl groups is 1. The summed E-state index contributed by atoms with van der Waals surface area (Å²) in [6, 6.07) is 13.7. The van der Waals surface area contributed by atoms with Gasteiger partial charge in [0.05, 0.1) is 12.6 Å². The maximum absolute atomic E-state index is 13.8. The van der Waals surface area contributed by atoms with Crippen molar-refractivity contribution in [3.63, 3.8) is 0 Å². The van der Waals surface area contributed by atoms with E-state index in [1.807, 2.05) is 26.0 Å². The van der Waals surface area contributed by atoms with E-state index in [2.05, 4.69) is 50.9 Å². The van der Waals surface area contributed by atoms with Crippen LogP contribution in [0.1, 0.15) is 44.4 Å². The van der Waals surface area contributed by atoms with Gasteiger partial charge in [0.25, 0.3) is 0 Å². The van der Waals surface area contributed by atoms with Crippen molar-refractivity contribution in [3.05, 3.63) is 77.1 Å². The van der Waals surface area contributed by atoms with Crippen LogP contribution in [0.5, 0.6) is 17.2 Å². The molecule has 0 saturated carbocycles. The quantitative estimate of drug-likeness (QED) is 0.318. The molecule has 3 aromatic rings. The van der Waals surface area contributed by atoms with E-state index < -0.39 is 0 Å². The summed E-state index contributed by atoms with van der Waals surface area (Å²) in [6.07, 6.45) is 2.20. The number of phenolic OH excluding ortho intramolecular Hbond substituents is 1. The fourth-order valence-electron chi connectivity index (χ4n) is 4.38. The molecule has 2 N–H and O–H groups in total. The second kappa shape index (κ2) is 11.1. The molecule has 0 atom stereocenters. The van der Waals surface area contributed by atoms with Gasteiger partial charge in [-0.1, -0.05) is 25.1 Å². The third-order valence-corrected chi connectivity index (χ3v) is 5.74. The summed E-state index contributed by atoms with van der Waals surface area (Å²) in [5, 5.41) is 13.5. The number of anilines is 1. The third kappa shape index (κ3) is 6.12. The predicted octanol–water partition coefficient (Wildman–Crippen LogP) is 7.64. The summed E-state index contributed by atoms with van der Waals surface area (Å²) in [5.74, 6) is 1.83. The van der Waals surface area contributed by atoms with E-state index in [4.69, 9.17) is 9.47 Å². The van der Waals surface area contributed by atoms with Gasteiger partial charge in [-0.25, -0.2) is 4.39 Å². The average molecular weight is 496 g/mol. The van der Waals surface area contributed by atoms with Gasteiger partial charge in [-0.3, -0.25) is 0 Å². The summed E-state index contributed by atoms with van der Waals surface area (Å²) in [4.78, 5) is 0. The third-order valence-electron chi connectivity index (χ3n) is 5.74. The maximum Gasteiger partial charge on any atom is 0.130 e. The standard InChI is InChI=1S/C27H28FNO3.C2H6S/c1-16-6-7-18(28)12-24(16)32-15-22-20(21-9-8-19(30)13-25(21)31-5)10-11-23-26(22)17(2)14-27(3,4)29-23;1-2-3/h6-14,29-30H,15H2,1-5H3;3H,2H2,1H3. The van der Waals surface area contributed by atoms with E-state index in [-0.39, 0.29) is 23.7 Å². The van der Waals surface area contributed by atoms with Crippen LogP contribution in [0.25, 0.3) is 16.7 Å². The maximum atomic E-state index is 13.8. The van der Waals surface area contributed by atoms with Crippen molar-refractivity contribution < 1.29 is 19.0 Å². The zero-order valence-corrected chi connectivity index (χ0v) is 22.1. The number of rotatable bonds is 5. The molecule has 0 fully saturated rings. The van der Waals surface area contributed by atoms with E-state index in [0.717, 1.165) is 44.8 Å². The minimum atomic E-state index is -0.333. The number of aryl methyl sites for hydroxylation is 1. The van der Waals surface area contributed by atoms with E-state index in [0.29, 0.717) is 11.5 Å². The lowest BCUT2D eigenvalue weighted by atomic mass is 9.85. The fraction of sp³-hybridized carbons (Fsp3) is 0.310. The highest BCUT2D eigenvalue weighted by Gasteiger charge is 2.27. The van der Waals surface area contributed by atoms with Crippen LogP contribution in [0.2, 0.25) is 0 Å². The number of benzene rings is 3. The highest BCUT2D eigenvalue weighted by molar-refractivity contribution is 7.80. The average Bonchev–Trinajstić information content (AvgIpc) is 2.79. The van der Waals surface area contributed by atoms with Gasteiger partial charge in [-0.15, -0.1) is 0 Å². The molecule has 0 aromatic heterocycles. The first-order valence-corrected chi connectivity index (χ1v) is 12.2. The van der Waals surface area contributed by atoms with E-state index >= 15 is 0 Å². The van der Waals surface area contributed by atoms with E-state index in [1.54, 1.807) is 25.3 Å². The molecule has 35 heavy (non-hydrogen) atoms. The topological polar surface area (TPSA) is 50.7 Å². The lowest BCUT2D eigenvalue weighted by molar-refractivity contribution is 0.302. The van der Waals surface area contributed by atoms with Crippen molar-refractivity contribution in [2.45, 2.75) is 46.8 Å². The second-order valence-electron chi connectivity index (χ2n) is 9.09. The smallest absolute Gasteiger partial charge is 0.130 e. The number of ether oxygens (including phenoxy) is 2. The highest BCUT2D eigenvalue weighted by atomic mass is 32.1. The minimum absolute atomic E-state index is 0.135. The minimum Gasteiger partial charge on any atom is -0.508 e. The number of fused-ring (bicyclic) bond motifs is 1. The Hall–Kier alpha value is -3.12. The van der Waals surface area contributed by atoms with Crippen LogP contribution >= 0.6 is 12.6 Å². The van der Waals surface area contributed by atoms with Gasteiger partial charge in [-0.05, 0) is 74.4 Å². The number of phenols is 1. The van der Waals surface area contributed by atoms with Gasteiger partial charge in [0.2, 0.25) is 0 Å². The molecule has 0 bridgehead atoms. The van der Waals surface area contributed by atoms with Crippen LogP contribution in [0.4, 0.5) is 10.1 Å². The number of nitrogens with one attached hydrogen (secondary N) is 1. The first kappa shape index (κ1) is 26.5. The summed E-state index contributed by atoms with van der Waals surface area (Å²) in [5.41, 5.74) is 6.66. The number of halogens is 1. The molecule has 3 aromatic carbocycles. The van der Waals surface area contributed by atoms with Crippen LogP contribution < -0.4 is 14.8 Å². The Morgan fingerprint density at radius 1 is 1.00 bits per heavy atom. The van der Waals surface area contributed by atoms with Gasteiger partial charge in [-0.2, -0.15) is 12.6 Å². The largest absolute Gasteiger partial charge is 0.508 e. The summed E-state index contributed by atoms with van der Waals surface area (Å²) < 4.78 is 25.5. The van der Waals surface area contributed by atoms with Gasteiger partial charge in [0, 0.05) is 34.5 Å². The molecule has 1 aliphatic rings. The number of thiol groups is 1. The molecule has 4 nitrogen and oxygen atoms in total. The van der Waals surface area contributed by atoms with Crippen LogP contribution in [-0.4, -0.2) is 23.5 Å². The summed E-state index contributed by atoms with van der Waals surface area (Å²) in [6.45, 7) is 10.5. The monoisotopic (exact) mass is 495 g/mol. The molecule has 0 radical (unpaired) electrons. The Morgan fingerprint density at radius 2 is 1.69 bits per heavy atom. The van der Waals surface area contributed by atoms with Crippen molar-refractivity contribution in [3.8, 4) is 28.4 Å². The van der Waals surface area contributed by atoms with E-state index in [9.17, 15) is 9.50 Å². The molecule has 6 heteroatoms. The lowest BCUT2D eigenvalue weighted by Gasteiger charge is -2.33. The SMILES string of the molecule is CCS.COc1cc(O)ccc1-c1ccc2c(c1COc1cc(F)ccc1C)C(C)=CC(C)(C)N2. The summed E-state index contributed by atoms with van der Waals surface area (Å²) in [7, 11) is 1.58. The molecule has 0 spiro atoms. The van der Waals surface area contributed by atoms with Gasteiger partial charge < -0.3 is 19.9 Å². The van der Waals surface area contributed by atoms with E-state index in [1.165, 1.54) is 12.1 Å². The molecule has 0 aliphatic carbocycles. The van der Waals surface area contributed by atoms with Crippen molar-refractivity contribution in [1.29, 1.82) is 0 Å². The zero-order chi connectivity index (χ0) is 25.8. The van der Waals surface area contributed by atoms with Crippen molar-refractivity contribution >= 4 is 23.9 Å². The van der Waals surface area contributed by atoms with Crippen LogP contribution in [0.3, 0.4) is 0 Å².